The molecule has 0 saturated heterocycles. The van der Waals surface area contributed by atoms with E-state index >= 15 is 0 Å². The summed E-state index contributed by atoms with van der Waals surface area (Å²) >= 11 is 0. The van der Waals surface area contributed by atoms with Gasteiger partial charge < -0.3 is 10.4 Å². The molecule has 0 radical (unpaired) electrons. The first-order valence-electron chi connectivity index (χ1n) is 4.61. The molecule has 1 aliphatic rings. The van der Waals surface area contributed by atoms with Crippen LogP contribution in [0, 0.1) is 5.41 Å². The van der Waals surface area contributed by atoms with Gasteiger partial charge in [0.15, 0.2) is 0 Å². The number of carboxylic acids is 1. The fourth-order valence-electron chi connectivity index (χ4n) is 1.68. The van der Waals surface area contributed by atoms with E-state index in [0.29, 0.717) is 6.54 Å². The molecule has 0 unspecified atom stereocenters. The third-order valence-corrected chi connectivity index (χ3v) is 2.98. The smallest absolute Gasteiger partial charge is 0.394 e. The van der Waals surface area contributed by atoms with E-state index in [1.54, 1.807) is 0 Å². The van der Waals surface area contributed by atoms with Crippen LogP contribution in [0.5, 0.6) is 0 Å². The number of nitrogens with one attached hydrogen (secondary N) is 1. The van der Waals surface area contributed by atoms with Crippen LogP contribution in [0.3, 0.4) is 0 Å². The summed E-state index contributed by atoms with van der Waals surface area (Å²) in [5.74, 6) is -2.29. The van der Waals surface area contributed by atoms with Crippen molar-refractivity contribution in [2.45, 2.75) is 32.6 Å². The van der Waals surface area contributed by atoms with E-state index < -0.39 is 11.9 Å². The second-order valence-corrected chi connectivity index (χ2v) is 3.69. The van der Waals surface area contributed by atoms with Crippen molar-refractivity contribution in [1.29, 1.82) is 0 Å². The van der Waals surface area contributed by atoms with Crippen molar-refractivity contribution in [2.24, 2.45) is 5.41 Å². The summed E-state index contributed by atoms with van der Waals surface area (Å²) in [5.41, 5.74) is 0.186. The molecule has 0 aromatic rings. The van der Waals surface area contributed by atoms with Crippen molar-refractivity contribution in [3.63, 3.8) is 0 Å². The van der Waals surface area contributed by atoms with Crippen molar-refractivity contribution in [2.75, 3.05) is 6.54 Å². The quantitative estimate of drug-likeness (QED) is 0.638. The van der Waals surface area contributed by atoms with Gasteiger partial charge in [-0.25, -0.2) is 4.79 Å². The van der Waals surface area contributed by atoms with Crippen molar-refractivity contribution in [1.82, 2.24) is 5.32 Å². The lowest BCUT2D eigenvalue weighted by molar-refractivity contribution is -0.150. The van der Waals surface area contributed by atoms with Crippen LogP contribution in [0.1, 0.15) is 32.6 Å². The summed E-state index contributed by atoms with van der Waals surface area (Å²) in [6, 6.07) is 0. The summed E-state index contributed by atoms with van der Waals surface area (Å²) in [5, 5.41) is 10.8. The monoisotopic (exact) mass is 185 g/mol. The van der Waals surface area contributed by atoms with Crippen molar-refractivity contribution >= 4 is 11.9 Å². The molecule has 0 aromatic heterocycles. The van der Waals surface area contributed by atoms with Crippen LogP contribution in [0.15, 0.2) is 0 Å². The van der Waals surface area contributed by atoms with Crippen molar-refractivity contribution in [3.8, 4) is 0 Å². The van der Waals surface area contributed by atoms with Crippen LogP contribution in [0.4, 0.5) is 0 Å². The van der Waals surface area contributed by atoms with Gasteiger partial charge in [0.2, 0.25) is 0 Å². The Morgan fingerprint density at radius 2 is 2.08 bits per heavy atom. The lowest BCUT2D eigenvalue weighted by atomic mass is 9.67. The first-order chi connectivity index (χ1) is 6.09. The number of amides is 1. The van der Waals surface area contributed by atoms with Crippen LogP contribution in [-0.2, 0) is 9.59 Å². The molecule has 0 heterocycles. The largest absolute Gasteiger partial charge is 0.474 e. The Morgan fingerprint density at radius 3 is 2.38 bits per heavy atom. The predicted molar refractivity (Wildman–Crippen MR) is 47.2 cm³/mol. The molecule has 1 fully saturated rings. The minimum absolute atomic E-state index is 0.186. The van der Waals surface area contributed by atoms with Gasteiger partial charge in [-0.2, -0.15) is 0 Å². The summed E-state index contributed by atoms with van der Waals surface area (Å²) < 4.78 is 0. The van der Waals surface area contributed by atoms with Gasteiger partial charge in [-0.1, -0.05) is 13.3 Å². The molecule has 0 aliphatic heterocycles. The molecule has 74 valence electrons. The fraction of sp³-hybridized carbons (Fsp3) is 0.778. The Hall–Kier alpha value is -1.06. The number of hydrogen-bond donors (Lipinski definition) is 2. The molecule has 2 N–H and O–H groups in total. The summed E-state index contributed by atoms with van der Waals surface area (Å²) in [6.07, 6.45) is 4.40. The number of rotatable bonds is 3. The molecule has 4 heteroatoms. The maximum Gasteiger partial charge on any atom is 0.394 e. The molecular formula is C9H15NO3. The first-order valence-corrected chi connectivity index (χ1v) is 4.61. The third-order valence-electron chi connectivity index (χ3n) is 2.98. The topological polar surface area (TPSA) is 66.4 Å². The molecule has 4 nitrogen and oxygen atoms in total. The van der Waals surface area contributed by atoms with Crippen LogP contribution in [0.2, 0.25) is 0 Å². The number of aliphatic carboxylic acids is 1. The average molecular weight is 185 g/mol. The zero-order chi connectivity index (χ0) is 9.90. The molecule has 1 saturated carbocycles. The lowest BCUT2D eigenvalue weighted by Gasteiger charge is -2.41. The van der Waals surface area contributed by atoms with E-state index in [2.05, 4.69) is 12.2 Å². The van der Waals surface area contributed by atoms with E-state index in [1.165, 1.54) is 6.42 Å². The van der Waals surface area contributed by atoms with Gasteiger partial charge in [0.05, 0.1) is 0 Å². The molecular weight excluding hydrogens is 170 g/mol. The number of carbonyl (C=O) groups is 2. The van der Waals surface area contributed by atoms with E-state index in [0.717, 1.165) is 19.3 Å². The molecule has 0 spiro atoms. The van der Waals surface area contributed by atoms with E-state index in [9.17, 15) is 9.59 Å². The second-order valence-electron chi connectivity index (χ2n) is 3.69. The number of carbonyl (C=O) groups excluding carboxylic acids is 1. The standard InChI is InChI=1S/C9H15NO3/c1-2-9(4-3-5-9)6-10-7(11)8(12)13/h2-6H2,1H3,(H,10,11)(H,12,13). The maximum atomic E-state index is 10.7. The highest BCUT2D eigenvalue weighted by Crippen LogP contribution is 2.42. The molecule has 1 rings (SSSR count). The summed E-state index contributed by atoms with van der Waals surface area (Å²) in [6.45, 7) is 2.58. The molecule has 1 aliphatic carbocycles. The highest BCUT2D eigenvalue weighted by atomic mass is 16.4. The maximum absolute atomic E-state index is 10.7. The number of carboxylic acid groups (broad SMARTS) is 1. The van der Waals surface area contributed by atoms with Gasteiger partial charge in [0.25, 0.3) is 0 Å². The van der Waals surface area contributed by atoms with Gasteiger partial charge in [-0.3, -0.25) is 4.79 Å². The van der Waals surface area contributed by atoms with Gasteiger partial charge >= 0.3 is 11.9 Å². The zero-order valence-electron chi connectivity index (χ0n) is 7.80. The first kappa shape index (κ1) is 10.0. The average Bonchev–Trinajstić information content (AvgIpc) is 2.02. The molecule has 1 amide bonds. The van der Waals surface area contributed by atoms with Gasteiger partial charge in [-0.05, 0) is 24.7 Å². The Bertz CT molecular complexity index is 215. The number of hydrogen-bond acceptors (Lipinski definition) is 2. The van der Waals surface area contributed by atoms with Crippen LogP contribution in [0.25, 0.3) is 0 Å². The second kappa shape index (κ2) is 3.77. The van der Waals surface area contributed by atoms with Crippen molar-refractivity contribution in [3.05, 3.63) is 0 Å². The fourth-order valence-corrected chi connectivity index (χ4v) is 1.68. The Morgan fingerprint density at radius 1 is 1.46 bits per heavy atom. The Kier molecular flexibility index (Phi) is 2.90. The van der Waals surface area contributed by atoms with Crippen LogP contribution >= 0.6 is 0 Å². The van der Waals surface area contributed by atoms with E-state index in [-0.39, 0.29) is 5.41 Å². The zero-order valence-corrected chi connectivity index (χ0v) is 7.80. The molecule has 0 bridgehead atoms. The SMILES string of the molecule is CCC1(CNC(=O)C(=O)O)CCC1. The van der Waals surface area contributed by atoms with Gasteiger partial charge in [-0.15, -0.1) is 0 Å². The van der Waals surface area contributed by atoms with Gasteiger partial charge in [0, 0.05) is 6.54 Å². The van der Waals surface area contributed by atoms with E-state index in [1.807, 2.05) is 0 Å². The lowest BCUT2D eigenvalue weighted by Crippen LogP contribution is -2.43. The predicted octanol–water partition coefficient (Wildman–Crippen LogP) is 0.767. The highest BCUT2D eigenvalue weighted by molar-refractivity contribution is 6.31. The van der Waals surface area contributed by atoms with Crippen LogP contribution in [-0.4, -0.2) is 23.5 Å². The van der Waals surface area contributed by atoms with Crippen molar-refractivity contribution < 1.29 is 14.7 Å². The molecule has 0 atom stereocenters. The highest BCUT2D eigenvalue weighted by Gasteiger charge is 2.35. The minimum Gasteiger partial charge on any atom is -0.474 e. The van der Waals surface area contributed by atoms with Crippen LogP contribution < -0.4 is 5.32 Å². The molecule has 13 heavy (non-hydrogen) atoms. The minimum atomic E-state index is -1.40. The summed E-state index contributed by atoms with van der Waals surface area (Å²) in [4.78, 5) is 20.9. The summed E-state index contributed by atoms with van der Waals surface area (Å²) in [7, 11) is 0. The van der Waals surface area contributed by atoms with Gasteiger partial charge in [0.1, 0.15) is 0 Å². The molecule has 0 aromatic carbocycles. The Labute approximate surface area is 77.3 Å². The van der Waals surface area contributed by atoms with E-state index in [4.69, 9.17) is 5.11 Å². The third kappa shape index (κ3) is 2.20. The normalized spacial score (nSPS) is 18.8. The Balaban J connectivity index is 2.32.